The topological polar surface area (TPSA) is 9.23 Å². The molecule has 0 aromatic heterocycles. The van der Waals surface area contributed by atoms with Crippen molar-refractivity contribution in [2.24, 2.45) is 5.92 Å². The molecule has 1 nitrogen and oxygen atoms in total. The summed E-state index contributed by atoms with van der Waals surface area (Å²) in [6, 6.07) is 0. The van der Waals surface area contributed by atoms with Gasteiger partial charge in [-0.1, -0.05) is 17.7 Å². The van der Waals surface area contributed by atoms with Gasteiger partial charge in [0, 0.05) is 11.2 Å². The first-order valence-electron chi connectivity index (χ1n) is 2.72. The fourth-order valence-corrected chi connectivity index (χ4v) is 1.46. The van der Waals surface area contributed by atoms with E-state index in [-0.39, 0.29) is 0 Å². The second-order valence-corrected chi connectivity index (χ2v) is 3.69. The maximum Gasteiger partial charge on any atom is 0.0527 e. The minimum absolute atomic E-state index is 0.659. The zero-order valence-corrected chi connectivity index (χ0v) is 6.54. The van der Waals surface area contributed by atoms with Crippen LogP contribution in [0.5, 0.6) is 0 Å². The molecule has 1 aliphatic rings. The molecular formula is C5H10OS2. The standard InChI is InChI=1S/C5H10OS2/c1-4(8-7)5-2-6-3-5/h4-5,7H,2-3H2,1H3. The molecule has 0 N–H and O–H groups in total. The minimum atomic E-state index is 0.659. The summed E-state index contributed by atoms with van der Waals surface area (Å²) in [5, 5.41) is 0.659. The average molecular weight is 150 g/mol. The van der Waals surface area contributed by atoms with Crippen molar-refractivity contribution in [1.29, 1.82) is 0 Å². The van der Waals surface area contributed by atoms with Crippen LogP contribution >= 0.6 is 22.5 Å². The number of hydrogen-bond acceptors (Lipinski definition) is 3. The molecule has 0 aromatic carbocycles. The molecule has 8 heavy (non-hydrogen) atoms. The molecule has 3 heteroatoms. The van der Waals surface area contributed by atoms with E-state index in [1.54, 1.807) is 10.8 Å². The highest BCUT2D eigenvalue weighted by Gasteiger charge is 2.24. The van der Waals surface area contributed by atoms with Gasteiger partial charge in [-0.3, -0.25) is 0 Å². The summed E-state index contributed by atoms with van der Waals surface area (Å²) in [6.45, 7) is 4.06. The molecule has 1 unspecified atom stereocenters. The first kappa shape index (κ1) is 6.78. The van der Waals surface area contributed by atoms with Gasteiger partial charge in [-0.15, -0.1) is 11.7 Å². The van der Waals surface area contributed by atoms with E-state index in [0.717, 1.165) is 19.1 Å². The van der Waals surface area contributed by atoms with E-state index in [1.807, 2.05) is 0 Å². The van der Waals surface area contributed by atoms with Crippen LogP contribution in [0.15, 0.2) is 0 Å². The van der Waals surface area contributed by atoms with Crippen molar-refractivity contribution in [3.63, 3.8) is 0 Å². The molecule has 1 rings (SSSR count). The highest BCUT2D eigenvalue weighted by molar-refractivity contribution is 8.68. The molecule has 0 amide bonds. The predicted molar refractivity (Wildman–Crippen MR) is 40.3 cm³/mol. The van der Waals surface area contributed by atoms with Crippen LogP contribution in [0.1, 0.15) is 6.92 Å². The summed E-state index contributed by atoms with van der Waals surface area (Å²) in [5.41, 5.74) is 0. The highest BCUT2D eigenvalue weighted by Crippen LogP contribution is 2.26. The Morgan fingerprint density at radius 2 is 2.38 bits per heavy atom. The SMILES string of the molecule is CC(SS)C1COC1. The Balaban J connectivity index is 2.13. The molecule has 1 aliphatic heterocycles. The first-order valence-corrected chi connectivity index (χ1v) is 4.65. The van der Waals surface area contributed by atoms with E-state index in [9.17, 15) is 0 Å². The maximum absolute atomic E-state index is 5.01. The van der Waals surface area contributed by atoms with Gasteiger partial charge >= 0.3 is 0 Å². The van der Waals surface area contributed by atoms with Crippen LogP contribution in [0.4, 0.5) is 0 Å². The maximum atomic E-state index is 5.01. The smallest absolute Gasteiger partial charge is 0.0527 e. The van der Waals surface area contributed by atoms with Gasteiger partial charge in [0.2, 0.25) is 0 Å². The molecule has 0 saturated carbocycles. The molecule has 48 valence electrons. The third-order valence-corrected chi connectivity index (χ3v) is 3.21. The van der Waals surface area contributed by atoms with Crippen molar-refractivity contribution in [2.45, 2.75) is 12.2 Å². The number of rotatable bonds is 2. The largest absolute Gasteiger partial charge is 0.381 e. The Hall–Kier alpha value is 0.660. The van der Waals surface area contributed by atoms with Crippen molar-refractivity contribution in [2.75, 3.05) is 13.2 Å². The summed E-state index contributed by atoms with van der Waals surface area (Å²) in [7, 11) is 1.62. The zero-order valence-electron chi connectivity index (χ0n) is 4.83. The molecule has 0 radical (unpaired) electrons. The Morgan fingerprint density at radius 3 is 2.50 bits per heavy atom. The van der Waals surface area contributed by atoms with Crippen LogP contribution in [0.25, 0.3) is 0 Å². The lowest BCUT2D eigenvalue weighted by atomic mass is 10.1. The van der Waals surface area contributed by atoms with Gasteiger partial charge in [0.05, 0.1) is 13.2 Å². The van der Waals surface area contributed by atoms with Gasteiger partial charge in [-0.2, -0.15) is 0 Å². The lowest BCUT2D eigenvalue weighted by Gasteiger charge is -2.29. The highest BCUT2D eigenvalue weighted by atomic mass is 33.1. The van der Waals surface area contributed by atoms with Crippen LogP contribution in [-0.4, -0.2) is 18.5 Å². The summed E-state index contributed by atoms with van der Waals surface area (Å²) in [5.74, 6) is 0.762. The third-order valence-electron chi connectivity index (χ3n) is 1.49. The second-order valence-electron chi connectivity index (χ2n) is 2.11. The Kier molecular flexibility index (Phi) is 2.53. The van der Waals surface area contributed by atoms with Gasteiger partial charge in [0.1, 0.15) is 0 Å². The lowest BCUT2D eigenvalue weighted by Crippen LogP contribution is -2.34. The van der Waals surface area contributed by atoms with E-state index in [1.165, 1.54) is 0 Å². The second kappa shape index (κ2) is 2.99. The molecule has 0 aliphatic carbocycles. The minimum Gasteiger partial charge on any atom is -0.381 e. The van der Waals surface area contributed by atoms with Crippen molar-refractivity contribution >= 4 is 22.5 Å². The molecule has 1 saturated heterocycles. The normalized spacial score (nSPS) is 24.8. The van der Waals surface area contributed by atoms with Crippen molar-refractivity contribution in [3.05, 3.63) is 0 Å². The van der Waals surface area contributed by atoms with E-state index < -0.39 is 0 Å². The van der Waals surface area contributed by atoms with E-state index in [0.29, 0.717) is 5.25 Å². The van der Waals surface area contributed by atoms with Crippen LogP contribution in [-0.2, 0) is 4.74 Å². The summed E-state index contributed by atoms with van der Waals surface area (Å²) in [6.07, 6.45) is 0. The third kappa shape index (κ3) is 1.33. The molecule has 0 aromatic rings. The van der Waals surface area contributed by atoms with Crippen LogP contribution < -0.4 is 0 Å². The van der Waals surface area contributed by atoms with Gasteiger partial charge < -0.3 is 4.74 Å². The van der Waals surface area contributed by atoms with Gasteiger partial charge in [-0.05, 0) is 0 Å². The Bertz CT molecular complexity index is 70.1. The molecular weight excluding hydrogens is 140 g/mol. The van der Waals surface area contributed by atoms with Crippen LogP contribution in [0, 0.1) is 5.92 Å². The summed E-state index contributed by atoms with van der Waals surface area (Å²) >= 11 is 4.10. The van der Waals surface area contributed by atoms with Gasteiger partial charge in [0.25, 0.3) is 0 Å². The summed E-state index contributed by atoms with van der Waals surface area (Å²) < 4.78 is 5.01. The quantitative estimate of drug-likeness (QED) is 0.473. The molecule has 1 atom stereocenters. The van der Waals surface area contributed by atoms with E-state index >= 15 is 0 Å². The average Bonchev–Trinajstić information content (AvgIpc) is 1.62. The molecule has 1 heterocycles. The monoisotopic (exact) mass is 150 g/mol. The zero-order chi connectivity index (χ0) is 5.98. The lowest BCUT2D eigenvalue weighted by molar-refractivity contribution is -0.0301. The molecule has 0 bridgehead atoms. The van der Waals surface area contributed by atoms with Crippen molar-refractivity contribution in [1.82, 2.24) is 0 Å². The van der Waals surface area contributed by atoms with Gasteiger partial charge in [-0.25, -0.2) is 0 Å². The van der Waals surface area contributed by atoms with Crippen LogP contribution in [0.3, 0.4) is 0 Å². The summed E-state index contributed by atoms with van der Waals surface area (Å²) in [4.78, 5) is 0. The Labute approximate surface area is 59.0 Å². The Morgan fingerprint density at radius 1 is 1.75 bits per heavy atom. The van der Waals surface area contributed by atoms with Crippen molar-refractivity contribution in [3.8, 4) is 0 Å². The number of ether oxygens (including phenoxy) is 1. The fourth-order valence-electron chi connectivity index (χ4n) is 0.611. The molecule has 1 fully saturated rings. The molecule has 0 spiro atoms. The van der Waals surface area contributed by atoms with Crippen molar-refractivity contribution < 1.29 is 4.74 Å². The number of hydrogen-bond donors (Lipinski definition) is 1. The van der Waals surface area contributed by atoms with E-state index in [4.69, 9.17) is 4.74 Å². The number of thiol groups is 1. The van der Waals surface area contributed by atoms with E-state index in [2.05, 4.69) is 18.6 Å². The predicted octanol–water partition coefficient (Wildman–Crippen LogP) is 1.60. The van der Waals surface area contributed by atoms with Crippen LogP contribution in [0.2, 0.25) is 0 Å². The van der Waals surface area contributed by atoms with Gasteiger partial charge in [0.15, 0.2) is 0 Å². The first-order chi connectivity index (χ1) is 3.84. The fraction of sp³-hybridized carbons (Fsp3) is 1.00.